The lowest BCUT2D eigenvalue weighted by Crippen LogP contribution is -2.35. The summed E-state index contributed by atoms with van der Waals surface area (Å²) in [7, 11) is 0. The Labute approximate surface area is 174 Å². The van der Waals surface area contributed by atoms with Crippen LogP contribution in [0.1, 0.15) is 28.8 Å². The minimum absolute atomic E-state index is 0.0690. The summed E-state index contributed by atoms with van der Waals surface area (Å²) in [6.07, 6.45) is -2.52. The fourth-order valence-corrected chi connectivity index (χ4v) is 3.68. The van der Waals surface area contributed by atoms with Crippen molar-refractivity contribution in [3.8, 4) is 0 Å². The Morgan fingerprint density at radius 1 is 1.11 bits per heavy atom. The Hall–Kier alpha value is -2.13. The molecule has 3 rings (SSSR count). The van der Waals surface area contributed by atoms with Crippen LogP contribution in [0, 0.1) is 0 Å². The molecule has 9 heteroatoms. The van der Waals surface area contributed by atoms with Gasteiger partial charge in [0.1, 0.15) is 0 Å². The Balaban J connectivity index is 1.82. The number of amides is 1. The highest BCUT2D eigenvalue weighted by Gasteiger charge is 2.32. The van der Waals surface area contributed by atoms with E-state index in [2.05, 4.69) is 26.6 Å². The summed E-state index contributed by atoms with van der Waals surface area (Å²) in [6, 6.07) is 10.3. The van der Waals surface area contributed by atoms with Gasteiger partial charge in [0.05, 0.1) is 22.5 Å². The van der Waals surface area contributed by atoms with Gasteiger partial charge in [-0.25, -0.2) is 0 Å². The summed E-state index contributed by atoms with van der Waals surface area (Å²) in [6.45, 7) is 1.52. The second-order valence-corrected chi connectivity index (χ2v) is 7.57. The maximum absolute atomic E-state index is 13.1. The molecule has 0 bridgehead atoms. The van der Waals surface area contributed by atoms with E-state index in [0.717, 1.165) is 38.1 Å². The van der Waals surface area contributed by atoms with Crippen molar-refractivity contribution < 1.29 is 18.0 Å². The van der Waals surface area contributed by atoms with Crippen LogP contribution in [0.5, 0.6) is 0 Å². The van der Waals surface area contributed by atoms with Gasteiger partial charge in [-0.15, -0.1) is 0 Å². The van der Waals surface area contributed by atoms with Gasteiger partial charge in [0.15, 0.2) is 5.11 Å². The zero-order valence-corrected chi connectivity index (χ0v) is 17.0. The fraction of sp³-hybridized carbons (Fsp3) is 0.263. The van der Waals surface area contributed by atoms with E-state index in [-0.39, 0.29) is 10.8 Å². The van der Waals surface area contributed by atoms with Gasteiger partial charge in [-0.2, -0.15) is 13.2 Å². The molecule has 0 spiro atoms. The van der Waals surface area contributed by atoms with Crippen molar-refractivity contribution in [2.75, 3.05) is 23.3 Å². The molecule has 28 heavy (non-hydrogen) atoms. The molecular weight excluding hydrogens is 455 g/mol. The second kappa shape index (κ2) is 8.48. The Kier molecular flexibility index (Phi) is 6.24. The normalized spacial score (nSPS) is 14.1. The molecule has 148 valence electrons. The Morgan fingerprint density at radius 2 is 1.79 bits per heavy atom. The first-order valence-corrected chi connectivity index (χ1v) is 9.79. The molecule has 4 nitrogen and oxygen atoms in total. The summed E-state index contributed by atoms with van der Waals surface area (Å²) < 4.78 is 40.0. The van der Waals surface area contributed by atoms with Gasteiger partial charge in [0.2, 0.25) is 0 Å². The van der Waals surface area contributed by atoms with E-state index in [1.165, 1.54) is 6.07 Å². The maximum Gasteiger partial charge on any atom is 0.416 e. The highest BCUT2D eigenvalue weighted by Crippen LogP contribution is 2.36. The molecular formula is C19H17BrF3N3OS. The first-order chi connectivity index (χ1) is 13.3. The summed E-state index contributed by atoms with van der Waals surface area (Å²) in [5, 5.41) is 5.21. The van der Waals surface area contributed by atoms with Crippen LogP contribution in [0.3, 0.4) is 0 Å². The number of nitrogens with one attached hydrogen (secondary N) is 2. The monoisotopic (exact) mass is 471 g/mol. The zero-order chi connectivity index (χ0) is 20.3. The van der Waals surface area contributed by atoms with Gasteiger partial charge in [-0.1, -0.05) is 12.1 Å². The van der Waals surface area contributed by atoms with E-state index in [1.807, 2.05) is 4.90 Å². The van der Waals surface area contributed by atoms with Crippen molar-refractivity contribution >= 4 is 50.5 Å². The number of halogens is 4. The molecule has 1 fully saturated rings. The van der Waals surface area contributed by atoms with Gasteiger partial charge in [-0.05, 0) is 71.3 Å². The molecule has 1 amide bonds. The highest BCUT2D eigenvalue weighted by molar-refractivity contribution is 9.10. The largest absolute Gasteiger partial charge is 0.416 e. The van der Waals surface area contributed by atoms with E-state index in [0.29, 0.717) is 15.7 Å². The number of benzene rings is 2. The summed E-state index contributed by atoms with van der Waals surface area (Å²) in [5.74, 6) is -0.459. The first kappa shape index (κ1) is 20.6. The van der Waals surface area contributed by atoms with Gasteiger partial charge in [0.25, 0.3) is 5.91 Å². The van der Waals surface area contributed by atoms with Crippen molar-refractivity contribution in [3.05, 3.63) is 58.1 Å². The highest BCUT2D eigenvalue weighted by atomic mass is 79.9. The van der Waals surface area contributed by atoms with Crippen LogP contribution in [0.15, 0.2) is 46.9 Å². The molecule has 1 heterocycles. The number of carbonyl (C=O) groups excluding carboxylic acids is 1. The van der Waals surface area contributed by atoms with Gasteiger partial charge in [0, 0.05) is 17.6 Å². The number of anilines is 2. The van der Waals surface area contributed by atoms with Crippen LogP contribution in [-0.4, -0.2) is 24.1 Å². The average molecular weight is 472 g/mol. The topological polar surface area (TPSA) is 44.4 Å². The smallest absolute Gasteiger partial charge is 0.370 e. The maximum atomic E-state index is 13.1. The van der Waals surface area contributed by atoms with E-state index in [1.54, 1.807) is 24.3 Å². The van der Waals surface area contributed by atoms with E-state index in [9.17, 15) is 18.0 Å². The third-order valence-electron chi connectivity index (χ3n) is 4.36. The lowest BCUT2D eigenvalue weighted by Gasteiger charge is -2.23. The molecule has 0 atom stereocenters. The first-order valence-electron chi connectivity index (χ1n) is 8.59. The molecule has 0 unspecified atom stereocenters. The molecule has 1 saturated heterocycles. The number of nitrogens with zero attached hydrogens (tertiary/aromatic N) is 1. The quantitative estimate of drug-likeness (QED) is 0.604. The number of alkyl halides is 3. The number of thiocarbonyl (C=S) groups is 1. The Morgan fingerprint density at radius 3 is 2.43 bits per heavy atom. The standard InChI is InChI=1S/C19H17BrF3N3OS/c20-14-6-2-1-5-13(14)17(27)25-18(28)24-15-11-12(19(21,22)23)7-8-16(15)26-9-3-4-10-26/h1-2,5-8,11H,3-4,9-10H2,(H2,24,25,27,28). The molecule has 0 aliphatic carbocycles. The van der Waals surface area contributed by atoms with E-state index < -0.39 is 17.6 Å². The van der Waals surface area contributed by atoms with Crippen LogP contribution in [-0.2, 0) is 6.18 Å². The van der Waals surface area contributed by atoms with Gasteiger partial charge >= 0.3 is 6.18 Å². The van der Waals surface area contributed by atoms with Crippen LogP contribution < -0.4 is 15.5 Å². The summed E-state index contributed by atoms with van der Waals surface area (Å²) in [4.78, 5) is 14.4. The molecule has 0 radical (unpaired) electrons. The number of hydrogen-bond donors (Lipinski definition) is 2. The van der Waals surface area contributed by atoms with Crippen LogP contribution in [0.4, 0.5) is 24.5 Å². The predicted molar refractivity (Wildman–Crippen MR) is 111 cm³/mol. The SMILES string of the molecule is O=C(NC(=S)Nc1cc(C(F)(F)F)ccc1N1CCCC1)c1ccccc1Br. The van der Waals surface area contributed by atoms with E-state index >= 15 is 0 Å². The number of hydrogen-bond acceptors (Lipinski definition) is 3. The molecule has 1 aliphatic rings. The summed E-state index contributed by atoms with van der Waals surface area (Å²) in [5.41, 5.74) is 0.436. The van der Waals surface area contributed by atoms with Crippen LogP contribution in [0.2, 0.25) is 0 Å². The van der Waals surface area contributed by atoms with Crippen LogP contribution >= 0.6 is 28.1 Å². The molecule has 1 aliphatic heterocycles. The molecule has 0 saturated carbocycles. The molecule has 2 aromatic rings. The Bertz CT molecular complexity index is 898. The molecule has 2 aromatic carbocycles. The fourth-order valence-electron chi connectivity index (χ4n) is 3.02. The minimum atomic E-state index is -4.47. The summed E-state index contributed by atoms with van der Waals surface area (Å²) >= 11 is 8.45. The third kappa shape index (κ3) is 4.82. The van der Waals surface area contributed by atoms with Crippen molar-refractivity contribution in [2.45, 2.75) is 19.0 Å². The van der Waals surface area contributed by atoms with Crippen molar-refractivity contribution in [1.29, 1.82) is 0 Å². The van der Waals surface area contributed by atoms with Gasteiger partial charge < -0.3 is 10.2 Å². The lowest BCUT2D eigenvalue weighted by atomic mass is 10.1. The number of carbonyl (C=O) groups is 1. The van der Waals surface area contributed by atoms with Crippen LogP contribution in [0.25, 0.3) is 0 Å². The lowest BCUT2D eigenvalue weighted by molar-refractivity contribution is -0.137. The van der Waals surface area contributed by atoms with Gasteiger partial charge in [-0.3, -0.25) is 10.1 Å². The minimum Gasteiger partial charge on any atom is -0.370 e. The average Bonchev–Trinajstić information content (AvgIpc) is 3.15. The van der Waals surface area contributed by atoms with Crippen molar-refractivity contribution in [1.82, 2.24) is 5.32 Å². The zero-order valence-electron chi connectivity index (χ0n) is 14.6. The molecule has 2 N–H and O–H groups in total. The van der Waals surface area contributed by atoms with Crippen molar-refractivity contribution in [3.63, 3.8) is 0 Å². The second-order valence-electron chi connectivity index (χ2n) is 6.31. The molecule has 0 aromatic heterocycles. The predicted octanol–water partition coefficient (Wildman–Crippen LogP) is 5.19. The number of rotatable bonds is 3. The van der Waals surface area contributed by atoms with E-state index in [4.69, 9.17) is 12.2 Å². The van der Waals surface area contributed by atoms with Crippen molar-refractivity contribution in [2.24, 2.45) is 0 Å². The third-order valence-corrected chi connectivity index (χ3v) is 5.26.